The Kier molecular flexibility index (Phi) is 4.43. The molecule has 1 amide bonds. The first kappa shape index (κ1) is 15.6. The molecule has 3 aromatic rings. The fraction of sp³-hybridized carbons (Fsp3) is 0. The largest absolute Gasteiger partial charge is 0.459 e. The number of halogens is 1. The van der Waals surface area contributed by atoms with Gasteiger partial charge in [-0.25, -0.2) is 15.0 Å². The minimum absolute atomic E-state index is 0.152. The van der Waals surface area contributed by atoms with E-state index in [4.69, 9.17) is 21.8 Å². The number of nitrogens with one attached hydrogen (secondary N) is 3. The van der Waals surface area contributed by atoms with Gasteiger partial charge >= 0.3 is 5.91 Å². The van der Waals surface area contributed by atoms with Crippen LogP contribution < -0.4 is 21.9 Å². The van der Waals surface area contributed by atoms with Crippen molar-refractivity contribution in [2.45, 2.75) is 0 Å². The number of nitrogens with two attached hydrogens (primary N) is 1. The van der Waals surface area contributed by atoms with Crippen LogP contribution in [-0.4, -0.2) is 20.9 Å². The predicted octanol–water partition coefficient (Wildman–Crippen LogP) is 2.20. The fourth-order valence-corrected chi connectivity index (χ4v) is 1.86. The van der Waals surface area contributed by atoms with Crippen LogP contribution in [-0.2, 0) is 0 Å². The summed E-state index contributed by atoms with van der Waals surface area (Å²) < 4.78 is 4.98. The molecule has 10 heteroatoms. The molecule has 0 fully saturated rings. The summed E-state index contributed by atoms with van der Waals surface area (Å²) in [5, 5.41) is 3.45. The highest BCUT2D eigenvalue weighted by Gasteiger charge is 2.12. The summed E-state index contributed by atoms with van der Waals surface area (Å²) in [6, 6.07) is 6.49. The number of amides is 1. The molecule has 24 heavy (non-hydrogen) atoms. The Labute approximate surface area is 141 Å². The van der Waals surface area contributed by atoms with Crippen LogP contribution in [0.15, 0.2) is 47.5 Å². The topological polar surface area (TPSA) is 131 Å². The van der Waals surface area contributed by atoms with E-state index in [2.05, 4.69) is 31.1 Å². The summed E-state index contributed by atoms with van der Waals surface area (Å²) in [4.78, 5) is 23.9. The number of hydrazine groups is 1. The van der Waals surface area contributed by atoms with Crippen LogP contribution in [0.1, 0.15) is 10.6 Å². The first-order chi connectivity index (χ1) is 11.6. The number of aromatic nitrogens is 3. The first-order valence-electron chi connectivity index (χ1n) is 6.72. The maximum absolute atomic E-state index is 11.8. The molecule has 3 heterocycles. The Hall–Kier alpha value is -3.33. The Morgan fingerprint density at radius 3 is 2.71 bits per heavy atom. The molecule has 0 bridgehead atoms. The number of carbonyl (C=O) groups excluding carboxylic acids is 1. The smallest absolute Gasteiger partial charge is 0.305 e. The Morgan fingerprint density at radius 2 is 2.00 bits per heavy atom. The van der Waals surface area contributed by atoms with E-state index in [0.29, 0.717) is 16.7 Å². The van der Waals surface area contributed by atoms with Gasteiger partial charge in [0, 0.05) is 6.20 Å². The third-order valence-corrected chi connectivity index (χ3v) is 3.12. The summed E-state index contributed by atoms with van der Waals surface area (Å²) in [6.45, 7) is 0. The van der Waals surface area contributed by atoms with Gasteiger partial charge in [-0.3, -0.25) is 15.6 Å². The number of rotatable bonds is 5. The lowest BCUT2D eigenvalue weighted by Gasteiger charge is -2.12. The van der Waals surface area contributed by atoms with Gasteiger partial charge in [0.05, 0.1) is 11.3 Å². The molecule has 122 valence electrons. The highest BCUT2D eigenvalue weighted by molar-refractivity contribution is 6.30. The molecule has 0 aromatic carbocycles. The number of furan rings is 1. The lowest BCUT2D eigenvalue weighted by atomic mass is 10.4. The van der Waals surface area contributed by atoms with Gasteiger partial charge in [-0.1, -0.05) is 11.6 Å². The molecule has 0 unspecified atom stereocenters. The van der Waals surface area contributed by atoms with Gasteiger partial charge in [-0.15, -0.1) is 0 Å². The van der Waals surface area contributed by atoms with E-state index in [1.807, 2.05) is 0 Å². The van der Waals surface area contributed by atoms with Crippen LogP contribution in [0.25, 0.3) is 0 Å². The zero-order valence-electron chi connectivity index (χ0n) is 12.2. The molecule has 3 aromatic heterocycles. The molecule has 0 saturated heterocycles. The first-order valence-corrected chi connectivity index (χ1v) is 7.10. The predicted molar refractivity (Wildman–Crippen MR) is 88.8 cm³/mol. The van der Waals surface area contributed by atoms with Crippen molar-refractivity contribution in [1.82, 2.24) is 20.4 Å². The molecule has 0 aliphatic rings. The zero-order chi connectivity index (χ0) is 16.9. The lowest BCUT2D eigenvalue weighted by Crippen LogP contribution is -2.30. The molecule has 0 saturated carbocycles. The SMILES string of the molecule is Nc1c(NNC(=O)c2ccco2)ncnc1Nc1ccc(Cl)cn1. The molecule has 0 atom stereocenters. The number of carbonyl (C=O) groups is 1. The van der Waals surface area contributed by atoms with E-state index < -0.39 is 5.91 Å². The number of anilines is 4. The fourth-order valence-electron chi connectivity index (χ4n) is 1.75. The number of hydrogen-bond donors (Lipinski definition) is 4. The summed E-state index contributed by atoms with van der Waals surface area (Å²) >= 11 is 5.79. The van der Waals surface area contributed by atoms with Crippen molar-refractivity contribution in [3.05, 3.63) is 53.8 Å². The van der Waals surface area contributed by atoms with Crippen LogP contribution in [0, 0.1) is 0 Å². The Morgan fingerprint density at radius 1 is 1.17 bits per heavy atom. The second-order valence-electron chi connectivity index (χ2n) is 4.53. The minimum Gasteiger partial charge on any atom is -0.459 e. The molecule has 5 N–H and O–H groups in total. The third kappa shape index (κ3) is 3.52. The molecule has 0 aliphatic carbocycles. The molecule has 0 radical (unpaired) electrons. The third-order valence-electron chi connectivity index (χ3n) is 2.90. The summed E-state index contributed by atoms with van der Waals surface area (Å²) in [5.41, 5.74) is 11.2. The molecule has 9 nitrogen and oxygen atoms in total. The molecular weight excluding hydrogens is 334 g/mol. The van der Waals surface area contributed by atoms with Crippen molar-refractivity contribution in [3.8, 4) is 0 Å². The Bertz CT molecular complexity index is 837. The van der Waals surface area contributed by atoms with Crippen molar-refractivity contribution < 1.29 is 9.21 Å². The maximum atomic E-state index is 11.8. The van der Waals surface area contributed by atoms with E-state index in [-0.39, 0.29) is 17.3 Å². The van der Waals surface area contributed by atoms with Gasteiger partial charge < -0.3 is 15.5 Å². The van der Waals surface area contributed by atoms with E-state index in [0.717, 1.165) is 0 Å². The van der Waals surface area contributed by atoms with E-state index in [9.17, 15) is 4.79 Å². The van der Waals surface area contributed by atoms with Crippen molar-refractivity contribution in [2.24, 2.45) is 0 Å². The van der Waals surface area contributed by atoms with Crippen molar-refractivity contribution in [3.63, 3.8) is 0 Å². The summed E-state index contributed by atoms with van der Waals surface area (Å²) in [5.74, 6) is 0.747. The van der Waals surface area contributed by atoms with Crippen LogP contribution >= 0.6 is 11.6 Å². The van der Waals surface area contributed by atoms with Crippen LogP contribution in [0.4, 0.5) is 23.1 Å². The number of nitrogens with zero attached hydrogens (tertiary/aromatic N) is 3. The second-order valence-corrected chi connectivity index (χ2v) is 4.96. The molecule has 3 rings (SSSR count). The molecular formula is C14H12ClN7O2. The number of pyridine rings is 1. The van der Waals surface area contributed by atoms with Gasteiger partial charge in [-0.05, 0) is 24.3 Å². The van der Waals surface area contributed by atoms with Crippen molar-refractivity contribution in [1.29, 1.82) is 0 Å². The van der Waals surface area contributed by atoms with Gasteiger partial charge in [-0.2, -0.15) is 0 Å². The van der Waals surface area contributed by atoms with Gasteiger partial charge in [0.25, 0.3) is 0 Å². The van der Waals surface area contributed by atoms with E-state index >= 15 is 0 Å². The highest BCUT2D eigenvalue weighted by Crippen LogP contribution is 2.24. The van der Waals surface area contributed by atoms with Crippen LogP contribution in [0.2, 0.25) is 5.02 Å². The van der Waals surface area contributed by atoms with Gasteiger partial charge in [0.15, 0.2) is 17.4 Å². The normalized spacial score (nSPS) is 10.2. The second kappa shape index (κ2) is 6.84. The van der Waals surface area contributed by atoms with Crippen LogP contribution in [0.5, 0.6) is 0 Å². The number of hydrogen-bond acceptors (Lipinski definition) is 8. The average molecular weight is 346 g/mol. The minimum atomic E-state index is -0.466. The molecule has 0 aliphatic heterocycles. The standard InChI is InChI=1S/C14H12ClN7O2/c15-8-3-4-10(17-6-8)20-12-11(16)13(19-7-18-12)21-22-14(23)9-2-1-5-24-9/h1-7H,16H2,(H,22,23)(H2,17,18,19,20,21). The summed E-state index contributed by atoms with van der Waals surface area (Å²) in [6.07, 6.45) is 4.18. The monoisotopic (exact) mass is 345 g/mol. The zero-order valence-corrected chi connectivity index (χ0v) is 12.9. The van der Waals surface area contributed by atoms with Crippen molar-refractivity contribution in [2.75, 3.05) is 16.5 Å². The van der Waals surface area contributed by atoms with Crippen molar-refractivity contribution >= 4 is 40.6 Å². The number of nitrogen functional groups attached to an aromatic ring is 1. The Balaban J connectivity index is 1.71. The highest BCUT2D eigenvalue weighted by atomic mass is 35.5. The summed E-state index contributed by atoms with van der Waals surface area (Å²) in [7, 11) is 0. The van der Waals surface area contributed by atoms with Gasteiger partial charge in [0.1, 0.15) is 17.8 Å². The van der Waals surface area contributed by atoms with Gasteiger partial charge in [0.2, 0.25) is 0 Å². The average Bonchev–Trinajstić information content (AvgIpc) is 3.12. The molecule has 0 spiro atoms. The maximum Gasteiger partial charge on any atom is 0.305 e. The quantitative estimate of drug-likeness (QED) is 0.517. The van der Waals surface area contributed by atoms with Crippen LogP contribution in [0.3, 0.4) is 0 Å². The lowest BCUT2D eigenvalue weighted by molar-refractivity contribution is 0.0935. The van der Waals surface area contributed by atoms with E-state index in [1.54, 1.807) is 18.2 Å². The van der Waals surface area contributed by atoms with E-state index in [1.165, 1.54) is 24.9 Å².